The highest BCUT2D eigenvalue weighted by Crippen LogP contribution is 2.30. The molecule has 0 fully saturated rings. The van der Waals surface area contributed by atoms with Crippen LogP contribution in [-0.2, 0) is 5.41 Å². The standard InChI is InChI=1S/C22H24N10OS/c1-12-7-24-21(34-12)16-8-23-19-15(32-17(9-26-30-32)22(3,4)5)6-14(10-31(16)19)20(33)28-13(2)18-25-11-27-29-18/h6-11,13H,1-5H3,(H,28,33)(H,25,27,29)/t13-/m0/s1. The maximum Gasteiger partial charge on any atom is 0.253 e. The first-order valence-corrected chi connectivity index (χ1v) is 11.6. The number of aromatic amines is 1. The van der Waals surface area contributed by atoms with Gasteiger partial charge in [-0.2, -0.15) is 0 Å². The summed E-state index contributed by atoms with van der Waals surface area (Å²) in [5.74, 6) is 0.307. The molecule has 5 heterocycles. The molecule has 0 radical (unpaired) electrons. The second kappa shape index (κ2) is 8.13. The van der Waals surface area contributed by atoms with E-state index in [9.17, 15) is 4.79 Å². The van der Waals surface area contributed by atoms with Crippen molar-refractivity contribution in [1.82, 2.24) is 49.9 Å². The lowest BCUT2D eigenvalue weighted by Gasteiger charge is -2.20. The zero-order valence-corrected chi connectivity index (χ0v) is 20.3. The summed E-state index contributed by atoms with van der Waals surface area (Å²) in [5, 5.41) is 20.1. The molecule has 1 amide bonds. The fourth-order valence-corrected chi connectivity index (χ4v) is 4.45. The molecule has 0 aliphatic rings. The van der Waals surface area contributed by atoms with Crippen LogP contribution in [0.2, 0.25) is 0 Å². The van der Waals surface area contributed by atoms with Gasteiger partial charge in [0.2, 0.25) is 0 Å². The highest BCUT2D eigenvalue weighted by atomic mass is 32.1. The number of nitrogens with zero attached hydrogens (tertiary/aromatic N) is 8. The van der Waals surface area contributed by atoms with Crippen LogP contribution >= 0.6 is 11.3 Å². The van der Waals surface area contributed by atoms with E-state index in [0.717, 1.165) is 21.3 Å². The predicted molar refractivity (Wildman–Crippen MR) is 127 cm³/mol. The van der Waals surface area contributed by atoms with Gasteiger partial charge in [-0.05, 0) is 19.9 Å². The fraction of sp³-hybridized carbons (Fsp3) is 0.318. The molecule has 5 aromatic rings. The third-order valence-corrected chi connectivity index (χ3v) is 6.36. The Morgan fingerprint density at radius 3 is 2.68 bits per heavy atom. The van der Waals surface area contributed by atoms with E-state index in [0.29, 0.717) is 22.7 Å². The Labute approximate surface area is 199 Å². The fourth-order valence-electron chi connectivity index (χ4n) is 3.68. The second-order valence-corrected chi connectivity index (χ2v) is 10.3. The number of aromatic nitrogens is 9. The van der Waals surface area contributed by atoms with Gasteiger partial charge in [-0.15, -0.1) is 26.6 Å². The Hall–Kier alpha value is -3.93. The van der Waals surface area contributed by atoms with Gasteiger partial charge in [0, 0.05) is 22.7 Å². The van der Waals surface area contributed by atoms with Crippen molar-refractivity contribution in [2.45, 2.75) is 46.1 Å². The molecule has 0 saturated carbocycles. The summed E-state index contributed by atoms with van der Waals surface area (Å²) in [6.45, 7) is 10.1. The largest absolute Gasteiger partial charge is 0.342 e. The first-order valence-electron chi connectivity index (χ1n) is 10.7. The van der Waals surface area contributed by atoms with Crippen molar-refractivity contribution in [3.8, 4) is 16.4 Å². The molecule has 0 spiro atoms. The van der Waals surface area contributed by atoms with E-state index in [2.05, 4.69) is 61.5 Å². The molecule has 5 aromatic heterocycles. The van der Waals surface area contributed by atoms with Gasteiger partial charge in [0.15, 0.2) is 11.5 Å². The number of rotatable bonds is 5. The maximum absolute atomic E-state index is 13.3. The monoisotopic (exact) mass is 476 g/mol. The summed E-state index contributed by atoms with van der Waals surface area (Å²) in [6, 6.07) is 1.43. The molecule has 1 atom stereocenters. The van der Waals surface area contributed by atoms with E-state index < -0.39 is 0 Å². The SMILES string of the molecule is Cc1cnc(-c2cnc3c(-n4nncc4C(C)(C)C)cc(C(=O)N[C@@H](C)c4nnc[nH]4)cn23)s1. The van der Waals surface area contributed by atoms with Gasteiger partial charge in [-0.3, -0.25) is 9.20 Å². The zero-order valence-electron chi connectivity index (χ0n) is 19.4. The number of carbonyl (C=O) groups is 1. The number of nitrogens with one attached hydrogen (secondary N) is 2. The topological polar surface area (TPSA) is 132 Å². The molecular weight excluding hydrogens is 452 g/mol. The number of carbonyl (C=O) groups excluding carboxylic acids is 1. The molecule has 0 aliphatic carbocycles. The number of thiazole rings is 1. The number of hydrogen-bond donors (Lipinski definition) is 2. The Bertz CT molecular complexity index is 1470. The maximum atomic E-state index is 13.3. The number of H-pyrrole nitrogens is 1. The lowest BCUT2D eigenvalue weighted by atomic mass is 9.92. The van der Waals surface area contributed by atoms with Gasteiger partial charge in [-0.25, -0.2) is 14.6 Å². The van der Waals surface area contributed by atoms with Crippen molar-refractivity contribution in [3.63, 3.8) is 0 Å². The van der Waals surface area contributed by atoms with Crippen molar-refractivity contribution < 1.29 is 4.79 Å². The smallest absolute Gasteiger partial charge is 0.253 e. The highest BCUT2D eigenvalue weighted by molar-refractivity contribution is 7.14. The molecule has 174 valence electrons. The summed E-state index contributed by atoms with van der Waals surface area (Å²) in [5.41, 5.74) is 3.22. The van der Waals surface area contributed by atoms with E-state index in [1.807, 2.05) is 24.4 Å². The summed E-state index contributed by atoms with van der Waals surface area (Å²) in [7, 11) is 0. The Balaban J connectivity index is 1.67. The van der Waals surface area contributed by atoms with Crippen molar-refractivity contribution >= 4 is 22.9 Å². The molecule has 0 aromatic carbocycles. The molecule has 34 heavy (non-hydrogen) atoms. The molecular formula is C22H24N10OS. The third kappa shape index (κ3) is 3.85. The Kier molecular flexibility index (Phi) is 5.24. The first-order chi connectivity index (χ1) is 16.2. The number of amides is 1. The molecule has 0 aliphatic heterocycles. The minimum absolute atomic E-state index is 0.221. The zero-order chi connectivity index (χ0) is 24.0. The lowest BCUT2D eigenvalue weighted by Crippen LogP contribution is -2.28. The molecule has 0 saturated heterocycles. The average Bonchev–Trinajstić information content (AvgIpc) is 3.58. The summed E-state index contributed by atoms with van der Waals surface area (Å²) >= 11 is 1.57. The quantitative estimate of drug-likeness (QED) is 0.398. The molecule has 11 nitrogen and oxygen atoms in total. The summed E-state index contributed by atoms with van der Waals surface area (Å²) in [4.78, 5) is 26.5. The van der Waals surface area contributed by atoms with Crippen LogP contribution in [0.1, 0.15) is 60.5 Å². The van der Waals surface area contributed by atoms with Gasteiger partial charge < -0.3 is 10.3 Å². The van der Waals surface area contributed by atoms with E-state index >= 15 is 0 Å². The van der Waals surface area contributed by atoms with Crippen LogP contribution in [0.25, 0.3) is 22.0 Å². The number of imidazole rings is 1. The highest BCUT2D eigenvalue weighted by Gasteiger charge is 2.25. The van der Waals surface area contributed by atoms with Crippen LogP contribution in [0.3, 0.4) is 0 Å². The number of hydrogen-bond acceptors (Lipinski definition) is 8. The molecule has 0 bridgehead atoms. The third-order valence-electron chi connectivity index (χ3n) is 5.43. The van der Waals surface area contributed by atoms with E-state index in [1.165, 1.54) is 6.33 Å². The number of fused-ring (bicyclic) bond motifs is 1. The minimum Gasteiger partial charge on any atom is -0.342 e. The second-order valence-electron chi connectivity index (χ2n) is 9.08. The predicted octanol–water partition coefficient (Wildman–Crippen LogP) is 3.25. The molecule has 5 rings (SSSR count). The molecule has 12 heteroatoms. The average molecular weight is 477 g/mol. The first kappa shape index (κ1) is 21.9. The lowest BCUT2D eigenvalue weighted by molar-refractivity contribution is 0.0938. The number of pyridine rings is 1. The van der Waals surface area contributed by atoms with Gasteiger partial charge in [0.25, 0.3) is 5.91 Å². The normalized spacial score (nSPS) is 12.9. The van der Waals surface area contributed by atoms with E-state index in [1.54, 1.807) is 40.7 Å². The van der Waals surface area contributed by atoms with Crippen LogP contribution in [0.5, 0.6) is 0 Å². The van der Waals surface area contributed by atoms with Crippen LogP contribution in [0.15, 0.2) is 37.2 Å². The van der Waals surface area contributed by atoms with Crippen molar-refractivity contribution in [1.29, 1.82) is 0 Å². The minimum atomic E-state index is -0.352. The Morgan fingerprint density at radius 1 is 1.18 bits per heavy atom. The van der Waals surface area contributed by atoms with Crippen LogP contribution in [0, 0.1) is 6.92 Å². The van der Waals surface area contributed by atoms with Gasteiger partial charge in [0.05, 0.1) is 29.7 Å². The van der Waals surface area contributed by atoms with Gasteiger partial charge >= 0.3 is 0 Å². The van der Waals surface area contributed by atoms with Crippen LogP contribution in [-0.4, -0.2) is 50.5 Å². The van der Waals surface area contributed by atoms with Gasteiger partial charge in [0.1, 0.15) is 22.7 Å². The molecule has 2 N–H and O–H groups in total. The van der Waals surface area contributed by atoms with Gasteiger partial charge in [-0.1, -0.05) is 26.0 Å². The van der Waals surface area contributed by atoms with Crippen molar-refractivity contribution in [2.75, 3.05) is 0 Å². The van der Waals surface area contributed by atoms with Crippen LogP contribution in [0.4, 0.5) is 0 Å². The van der Waals surface area contributed by atoms with E-state index in [4.69, 9.17) is 0 Å². The van der Waals surface area contributed by atoms with Crippen molar-refractivity contribution in [3.05, 3.63) is 59.1 Å². The summed E-state index contributed by atoms with van der Waals surface area (Å²) in [6.07, 6.45) is 8.58. The summed E-state index contributed by atoms with van der Waals surface area (Å²) < 4.78 is 3.63. The van der Waals surface area contributed by atoms with Crippen molar-refractivity contribution in [2.24, 2.45) is 0 Å². The Morgan fingerprint density at radius 2 is 2.00 bits per heavy atom. The molecule has 0 unspecified atom stereocenters. The number of aryl methyl sites for hydroxylation is 1. The van der Waals surface area contributed by atoms with Crippen LogP contribution < -0.4 is 5.32 Å². The van der Waals surface area contributed by atoms with E-state index in [-0.39, 0.29) is 17.4 Å².